The molecule has 78 valence electrons. The number of rotatable bonds is 4. The summed E-state index contributed by atoms with van der Waals surface area (Å²) in [5.41, 5.74) is 1.49. The van der Waals surface area contributed by atoms with Crippen molar-refractivity contribution in [1.82, 2.24) is 15.1 Å². The van der Waals surface area contributed by atoms with Crippen LogP contribution in [0.2, 0.25) is 0 Å². The molecule has 1 rings (SSSR count). The second-order valence-corrected chi connectivity index (χ2v) is 3.40. The van der Waals surface area contributed by atoms with Gasteiger partial charge in [-0.2, -0.15) is 5.10 Å². The molecule has 1 aromatic heterocycles. The largest absolute Gasteiger partial charge is 0.351 e. The third-order valence-electron chi connectivity index (χ3n) is 2.16. The first kappa shape index (κ1) is 10.8. The minimum absolute atomic E-state index is 0.0813. The highest BCUT2D eigenvalue weighted by Gasteiger charge is 2.09. The smallest absolute Gasteiger partial charge is 0.271 e. The zero-order chi connectivity index (χ0) is 10.6. The van der Waals surface area contributed by atoms with Gasteiger partial charge in [0.1, 0.15) is 5.69 Å². The molecule has 0 unspecified atom stereocenters. The monoisotopic (exact) mass is 195 g/mol. The van der Waals surface area contributed by atoms with Gasteiger partial charge in [-0.05, 0) is 19.4 Å². The lowest BCUT2D eigenvalue weighted by Gasteiger charge is -2.00. The Morgan fingerprint density at radius 1 is 1.64 bits per heavy atom. The molecule has 1 heterocycles. The van der Waals surface area contributed by atoms with Crippen molar-refractivity contribution in [3.63, 3.8) is 0 Å². The molecule has 0 aliphatic heterocycles. The van der Waals surface area contributed by atoms with E-state index in [1.165, 1.54) is 0 Å². The summed E-state index contributed by atoms with van der Waals surface area (Å²) in [4.78, 5) is 11.5. The van der Waals surface area contributed by atoms with Crippen LogP contribution < -0.4 is 5.32 Å². The Bertz CT molecular complexity index is 298. The number of aryl methyl sites for hydroxylation is 2. The lowest BCUT2D eigenvalue weighted by Crippen LogP contribution is -2.24. The molecule has 0 saturated carbocycles. The van der Waals surface area contributed by atoms with Gasteiger partial charge in [0.2, 0.25) is 0 Å². The summed E-state index contributed by atoms with van der Waals surface area (Å²) in [7, 11) is 1.83. The van der Waals surface area contributed by atoms with Crippen molar-refractivity contribution in [3.05, 3.63) is 17.5 Å². The van der Waals surface area contributed by atoms with Crippen LogP contribution in [0.25, 0.3) is 0 Å². The van der Waals surface area contributed by atoms with E-state index in [2.05, 4.69) is 17.3 Å². The van der Waals surface area contributed by atoms with E-state index in [4.69, 9.17) is 0 Å². The van der Waals surface area contributed by atoms with Crippen molar-refractivity contribution >= 4 is 5.91 Å². The standard InChI is InChI=1S/C10H17N3O/c1-4-5-6-11-10(14)9-7-8(2)13(3)12-9/h7H,4-6H2,1-3H3,(H,11,14). The number of amides is 1. The number of nitrogens with zero attached hydrogens (tertiary/aromatic N) is 2. The Morgan fingerprint density at radius 2 is 2.36 bits per heavy atom. The van der Waals surface area contributed by atoms with Crippen LogP contribution in [-0.2, 0) is 7.05 Å². The van der Waals surface area contributed by atoms with Crippen molar-refractivity contribution < 1.29 is 4.79 Å². The maximum absolute atomic E-state index is 11.5. The van der Waals surface area contributed by atoms with E-state index < -0.39 is 0 Å². The molecule has 4 nitrogen and oxygen atoms in total. The van der Waals surface area contributed by atoms with Crippen LogP contribution in [-0.4, -0.2) is 22.2 Å². The molecule has 14 heavy (non-hydrogen) atoms. The fourth-order valence-corrected chi connectivity index (χ4v) is 1.14. The molecular weight excluding hydrogens is 178 g/mol. The molecule has 0 atom stereocenters. The Labute approximate surface area is 84.3 Å². The SMILES string of the molecule is CCCCNC(=O)c1cc(C)n(C)n1. The Kier molecular flexibility index (Phi) is 3.68. The van der Waals surface area contributed by atoms with Crippen molar-refractivity contribution in [1.29, 1.82) is 0 Å². The number of nitrogens with one attached hydrogen (secondary N) is 1. The fraction of sp³-hybridized carbons (Fsp3) is 0.600. The van der Waals surface area contributed by atoms with Gasteiger partial charge in [0, 0.05) is 19.3 Å². The van der Waals surface area contributed by atoms with Crippen LogP contribution in [0.5, 0.6) is 0 Å². The normalized spacial score (nSPS) is 10.2. The van der Waals surface area contributed by atoms with Gasteiger partial charge in [0.05, 0.1) is 0 Å². The van der Waals surface area contributed by atoms with Crippen molar-refractivity contribution in [3.8, 4) is 0 Å². The highest BCUT2D eigenvalue weighted by Crippen LogP contribution is 2.00. The minimum Gasteiger partial charge on any atom is -0.351 e. The molecule has 0 bridgehead atoms. The van der Waals surface area contributed by atoms with E-state index in [1.54, 1.807) is 10.7 Å². The lowest BCUT2D eigenvalue weighted by molar-refractivity contribution is 0.0947. The Balaban J connectivity index is 2.52. The Hall–Kier alpha value is -1.32. The van der Waals surface area contributed by atoms with E-state index in [9.17, 15) is 4.79 Å². The summed E-state index contributed by atoms with van der Waals surface area (Å²) < 4.78 is 1.70. The van der Waals surface area contributed by atoms with Crippen molar-refractivity contribution in [2.24, 2.45) is 7.05 Å². The first-order valence-electron chi connectivity index (χ1n) is 4.94. The molecule has 4 heteroatoms. The van der Waals surface area contributed by atoms with Gasteiger partial charge in [-0.25, -0.2) is 0 Å². The van der Waals surface area contributed by atoms with Gasteiger partial charge in [0.25, 0.3) is 5.91 Å². The average molecular weight is 195 g/mol. The molecule has 0 aliphatic rings. The third-order valence-corrected chi connectivity index (χ3v) is 2.16. The summed E-state index contributed by atoms with van der Waals surface area (Å²) in [5, 5.41) is 6.92. The maximum atomic E-state index is 11.5. The molecule has 1 aromatic rings. The van der Waals surface area contributed by atoms with Crippen LogP contribution in [0.4, 0.5) is 0 Å². The second kappa shape index (κ2) is 4.79. The minimum atomic E-state index is -0.0813. The molecule has 0 spiro atoms. The molecular formula is C10H17N3O. The molecule has 1 amide bonds. The number of hydrogen-bond acceptors (Lipinski definition) is 2. The summed E-state index contributed by atoms with van der Waals surface area (Å²) in [6, 6.07) is 1.79. The quantitative estimate of drug-likeness (QED) is 0.735. The summed E-state index contributed by atoms with van der Waals surface area (Å²) >= 11 is 0. The number of carbonyl (C=O) groups excluding carboxylic acids is 1. The molecule has 0 radical (unpaired) electrons. The van der Waals surface area contributed by atoms with Gasteiger partial charge >= 0.3 is 0 Å². The van der Waals surface area contributed by atoms with Gasteiger partial charge in [-0.15, -0.1) is 0 Å². The summed E-state index contributed by atoms with van der Waals surface area (Å²) in [5.74, 6) is -0.0813. The molecule has 0 aliphatic carbocycles. The number of hydrogen-bond donors (Lipinski definition) is 1. The Morgan fingerprint density at radius 3 is 2.86 bits per heavy atom. The van der Waals surface area contributed by atoms with Gasteiger partial charge in [-0.3, -0.25) is 9.48 Å². The lowest BCUT2D eigenvalue weighted by atomic mass is 10.3. The zero-order valence-electron chi connectivity index (χ0n) is 9.00. The number of carbonyl (C=O) groups is 1. The van der Waals surface area contributed by atoms with Gasteiger partial charge in [0.15, 0.2) is 0 Å². The zero-order valence-corrected chi connectivity index (χ0v) is 9.00. The molecule has 0 aromatic carbocycles. The topological polar surface area (TPSA) is 46.9 Å². The van der Waals surface area contributed by atoms with Crippen LogP contribution in [0.1, 0.15) is 35.9 Å². The van der Waals surface area contributed by atoms with Crippen molar-refractivity contribution in [2.75, 3.05) is 6.54 Å². The van der Waals surface area contributed by atoms with Crippen molar-refractivity contribution in [2.45, 2.75) is 26.7 Å². The van der Waals surface area contributed by atoms with Crippen LogP contribution in [0, 0.1) is 6.92 Å². The molecule has 1 N–H and O–H groups in total. The van der Waals surface area contributed by atoms with Crippen LogP contribution in [0.3, 0.4) is 0 Å². The number of unbranched alkanes of at least 4 members (excludes halogenated alkanes) is 1. The average Bonchev–Trinajstić information content (AvgIpc) is 2.47. The maximum Gasteiger partial charge on any atom is 0.271 e. The first-order chi connectivity index (χ1) is 6.65. The summed E-state index contributed by atoms with van der Waals surface area (Å²) in [6.07, 6.45) is 2.10. The van der Waals surface area contributed by atoms with Gasteiger partial charge in [-0.1, -0.05) is 13.3 Å². The molecule has 0 saturated heterocycles. The van der Waals surface area contributed by atoms with E-state index in [-0.39, 0.29) is 5.91 Å². The van der Waals surface area contributed by atoms with Gasteiger partial charge < -0.3 is 5.32 Å². The van der Waals surface area contributed by atoms with Crippen LogP contribution >= 0.6 is 0 Å². The van der Waals surface area contributed by atoms with E-state index in [0.717, 1.165) is 25.1 Å². The highest BCUT2D eigenvalue weighted by molar-refractivity contribution is 5.92. The van der Waals surface area contributed by atoms with E-state index in [1.807, 2.05) is 14.0 Å². The van der Waals surface area contributed by atoms with E-state index in [0.29, 0.717) is 5.69 Å². The first-order valence-corrected chi connectivity index (χ1v) is 4.94. The van der Waals surface area contributed by atoms with E-state index >= 15 is 0 Å². The predicted molar refractivity (Wildman–Crippen MR) is 55.2 cm³/mol. The third kappa shape index (κ3) is 2.58. The second-order valence-electron chi connectivity index (χ2n) is 3.40. The number of aromatic nitrogens is 2. The molecule has 0 fully saturated rings. The highest BCUT2D eigenvalue weighted by atomic mass is 16.1. The summed E-state index contributed by atoms with van der Waals surface area (Å²) in [6.45, 7) is 4.75. The predicted octanol–water partition coefficient (Wildman–Crippen LogP) is 1.26. The fourth-order valence-electron chi connectivity index (χ4n) is 1.14. The van der Waals surface area contributed by atoms with Crippen LogP contribution in [0.15, 0.2) is 6.07 Å².